The van der Waals surface area contributed by atoms with Gasteiger partial charge in [0.1, 0.15) is 17.0 Å². The predicted octanol–water partition coefficient (Wildman–Crippen LogP) is 7.55. The summed E-state index contributed by atoms with van der Waals surface area (Å²) in [6, 6.07) is 33.7. The molecule has 1 heterocycles. The minimum atomic E-state index is -1.01. The number of halogens is 2. The summed E-state index contributed by atoms with van der Waals surface area (Å²) in [5, 5.41) is 26.6. The van der Waals surface area contributed by atoms with E-state index in [9.17, 15) is 15.0 Å². The second-order valence-electron chi connectivity index (χ2n) is 10.6. The van der Waals surface area contributed by atoms with Crippen molar-refractivity contribution in [2.24, 2.45) is 0 Å². The van der Waals surface area contributed by atoms with Crippen molar-refractivity contribution in [3.8, 4) is 11.5 Å². The van der Waals surface area contributed by atoms with Gasteiger partial charge in [-0.2, -0.15) is 0 Å². The molecule has 3 N–H and O–H groups in total. The standard InChI is InChI=1S/C34H29ClN2O3.ClH/c1-34(20-22-9-10-24-6-2-3-7-26(24)17-22)33(40)37(21-23-5-4-8-29(39)18-23)31-16-13-27(35)19-30(31)32(36-34)25-11-14-28(38)15-12-25;/h2-19,32,36,38-39H,20-21H2,1H3;1H. The van der Waals surface area contributed by atoms with E-state index in [0.717, 1.165) is 38.7 Å². The Kier molecular flexibility index (Phi) is 7.96. The van der Waals surface area contributed by atoms with Crippen LogP contribution in [0, 0.1) is 0 Å². The number of hydrogen-bond acceptors (Lipinski definition) is 4. The number of carbonyl (C=O) groups is 1. The first kappa shape index (κ1) is 28.5. The van der Waals surface area contributed by atoms with E-state index in [1.54, 1.807) is 41.3 Å². The highest BCUT2D eigenvalue weighted by molar-refractivity contribution is 6.30. The van der Waals surface area contributed by atoms with E-state index in [2.05, 4.69) is 35.6 Å². The predicted molar refractivity (Wildman–Crippen MR) is 167 cm³/mol. The number of amides is 1. The van der Waals surface area contributed by atoms with Gasteiger partial charge in [-0.05, 0) is 88.8 Å². The van der Waals surface area contributed by atoms with Gasteiger partial charge in [-0.15, -0.1) is 12.4 Å². The smallest absolute Gasteiger partial charge is 0.247 e. The Balaban J connectivity index is 0.00000337. The molecule has 0 saturated heterocycles. The number of rotatable bonds is 5. The summed E-state index contributed by atoms with van der Waals surface area (Å²) in [6.07, 6.45) is 0.448. The molecule has 0 aliphatic carbocycles. The van der Waals surface area contributed by atoms with Crippen LogP contribution in [0.4, 0.5) is 5.69 Å². The number of anilines is 1. The third-order valence-electron chi connectivity index (χ3n) is 7.62. The molecule has 41 heavy (non-hydrogen) atoms. The number of nitrogens with zero attached hydrogens (tertiary/aromatic N) is 1. The lowest BCUT2D eigenvalue weighted by Gasteiger charge is -2.34. The molecule has 208 valence electrons. The van der Waals surface area contributed by atoms with Crippen LogP contribution in [0.3, 0.4) is 0 Å². The molecule has 0 spiro atoms. The van der Waals surface area contributed by atoms with Crippen molar-refractivity contribution in [1.82, 2.24) is 5.32 Å². The Labute approximate surface area is 250 Å². The number of carbonyl (C=O) groups excluding carboxylic acids is 1. The lowest BCUT2D eigenvalue weighted by Crippen LogP contribution is -2.56. The van der Waals surface area contributed by atoms with Gasteiger partial charge < -0.3 is 15.1 Å². The molecule has 1 aliphatic heterocycles. The van der Waals surface area contributed by atoms with Crippen molar-refractivity contribution >= 4 is 46.4 Å². The lowest BCUT2D eigenvalue weighted by molar-refractivity contribution is -0.124. The van der Waals surface area contributed by atoms with Gasteiger partial charge in [-0.25, -0.2) is 0 Å². The van der Waals surface area contributed by atoms with Crippen molar-refractivity contribution in [3.05, 3.63) is 136 Å². The maximum atomic E-state index is 14.6. The fourth-order valence-electron chi connectivity index (χ4n) is 5.68. The van der Waals surface area contributed by atoms with Crippen LogP contribution in [0.15, 0.2) is 109 Å². The lowest BCUT2D eigenvalue weighted by atomic mass is 9.88. The maximum Gasteiger partial charge on any atom is 0.247 e. The first-order valence-corrected chi connectivity index (χ1v) is 13.6. The second-order valence-corrected chi connectivity index (χ2v) is 11.1. The molecule has 0 aromatic heterocycles. The number of phenolic OH excluding ortho intramolecular Hbond substituents is 2. The fourth-order valence-corrected chi connectivity index (χ4v) is 5.86. The summed E-state index contributed by atoms with van der Waals surface area (Å²) in [5.74, 6) is 0.230. The van der Waals surface area contributed by atoms with Crippen LogP contribution < -0.4 is 10.2 Å². The normalized spacial score (nSPS) is 18.4. The van der Waals surface area contributed by atoms with Crippen LogP contribution in [0.25, 0.3) is 10.8 Å². The second kappa shape index (κ2) is 11.5. The zero-order chi connectivity index (χ0) is 27.9. The number of hydrogen-bond donors (Lipinski definition) is 3. The van der Waals surface area contributed by atoms with Crippen LogP contribution in [-0.2, 0) is 17.8 Å². The van der Waals surface area contributed by atoms with Gasteiger partial charge in [0.2, 0.25) is 5.91 Å². The van der Waals surface area contributed by atoms with E-state index < -0.39 is 5.54 Å². The summed E-state index contributed by atoms with van der Waals surface area (Å²) < 4.78 is 0. The van der Waals surface area contributed by atoms with Gasteiger partial charge in [0.25, 0.3) is 0 Å². The highest BCUT2D eigenvalue weighted by Crippen LogP contribution is 2.40. The van der Waals surface area contributed by atoms with Crippen molar-refractivity contribution in [2.75, 3.05) is 4.90 Å². The molecule has 6 rings (SSSR count). The summed E-state index contributed by atoms with van der Waals surface area (Å²) >= 11 is 6.53. The molecular formula is C34H30Cl2N2O3. The van der Waals surface area contributed by atoms with Gasteiger partial charge in [-0.1, -0.05) is 78.3 Å². The van der Waals surface area contributed by atoms with Gasteiger partial charge in [0.05, 0.1) is 12.6 Å². The van der Waals surface area contributed by atoms with Crippen LogP contribution >= 0.6 is 24.0 Å². The molecule has 0 radical (unpaired) electrons. The zero-order valence-electron chi connectivity index (χ0n) is 22.4. The Hall–Kier alpha value is -4.03. The number of benzene rings is 5. The van der Waals surface area contributed by atoms with Crippen LogP contribution in [0.2, 0.25) is 5.02 Å². The van der Waals surface area contributed by atoms with Crippen molar-refractivity contribution < 1.29 is 15.0 Å². The largest absolute Gasteiger partial charge is 0.508 e. The summed E-state index contributed by atoms with van der Waals surface area (Å²) in [5.41, 5.74) is 3.34. The van der Waals surface area contributed by atoms with Crippen molar-refractivity contribution in [1.29, 1.82) is 0 Å². The number of phenols is 2. The molecule has 5 aromatic rings. The first-order chi connectivity index (χ1) is 19.3. The Morgan fingerprint density at radius 2 is 1.56 bits per heavy atom. The Bertz CT molecular complexity index is 1720. The summed E-state index contributed by atoms with van der Waals surface area (Å²) in [4.78, 5) is 16.4. The molecule has 1 amide bonds. The average molecular weight is 586 g/mol. The van der Waals surface area contributed by atoms with E-state index >= 15 is 0 Å². The van der Waals surface area contributed by atoms with Crippen molar-refractivity contribution in [3.63, 3.8) is 0 Å². The van der Waals surface area contributed by atoms with E-state index in [4.69, 9.17) is 11.6 Å². The highest BCUT2D eigenvalue weighted by Gasteiger charge is 2.44. The van der Waals surface area contributed by atoms with E-state index in [1.807, 2.05) is 49.4 Å². The summed E-state index contributed by atoms with van der Waals surface area (Å²) in [6.45, 7) is 2.22. The zero-order valence-corrected chi connectivity index (χ0v) is 24.0. The van der Waals surface area contributed by atoms with Gasteiger partial charge >= 0.3 is 0 Å². The SMILES string of the molecule is CC1(Cc2ccc3ccccc3c2)NC(c2ccc(O)cc2)c2cc(Cl)ccc2N(Cc2cccc(O)c2)C1=O.Cl. The minimum absolute atomic E-state index is 0. The third kappa shape index (κ3) is 5.75. The van der Waals surface area contributed by atoms with Gasteiger partial charge in [-0.3, -0.25) is 10.1 Å². The molecule has 2 unspecified atom stereocenters. The van der Waals surface area contributed by atoms with E-state index in [-0.39, 0.29) is 42.4 Å². The highest BCUT2D eigenvalue weighted by atomic mass is 35.5. The molecule has 5 aromatic carbocycles. The third-order valence-corrected chi connectivity index (χ3v) is 7.86. The molecular weight excluding hydrogens is 555 g/mol. The van der Waals surface area contributed by atoms with Crippen molar-refractivity contribution in [2.45, 2.75) is 31.5 Å². The monoisotopic (exact) mass is 584 g/mol. The fraction of sp³-hybridized carbons (Fsp3) is 0.147. The molecule has 1 aliphatic rings. The van der Waals surface area contributed by atoms with E-state index in [1.165, 1.54) is 0 Å². The molecule has 5 nitrogen and oxygen atoms in total. The minimum Gasteiger partial charge on any atom is -0.508 e. The van der Waals surface area contributed by atoms with Gasteiger partial charge in [0.15, 0.2) is 0 Å². The Morgan fingerprint density at radius 3 is 2.32 bits per heavy atom. The quantitative estimate of drug-likeness (QED) is 0.199. The molecule has 0 saturated carbocycles. The van der Waals surface area contributed by atoms with Crippen LogP contribution in [0.5, 0.6) is 11.5 Å². The first-order valence-electron chi connectivity index (χ1n) is 13.2. The maximum absolute atomic E-state index is 14.6. The average Bonchev–Trinajstić information content (AvgIpc) is 3.02. The number of aromatic hydroxyl groups is 2. The topological polar surface area (TPSA) is 72.8 Å². The van der Waals surface area contributed by atoms with Crippen LogP contribution in [-0.4, -0.2) is 21.7 Å². The van der Waals surface area contributed by atoms with Crippen LogP contribution in [0.1, 0.15) is 35.2 Å². The van der Waals surface area contributed by atoms with Gasteiger partial charge in [0, 0.05) is 10.7 Å². The molecule has 7 heteroatoms. The van der Waals surface area contributed by atoms with E-state index in [0.29, 0.717) is 11.4 Å². The molecule has 0 fully saturated rings. The number of nitrogens with one attached hydrogen (secondary N) is 1. The molecule has 2 atom stereocenters. The molecule has 0 bridgehead atoms. The number of fused-ring (bicyclic) bond motifs is 2. The summed E-state index contributed by atoms with van der Waals surface area (Å²) in [7, 11) is 0. The Morgan fingerprint density at radius 1 is 0.805 bits per heavy atom.